The third kappa shape index (κ3) is 8.03. The number of likely N-dealkylation sites (N-methyl/N-ethyl adjacent to an activating group) is 1. The number of benzene rings is 3. The summed E-state index contributed by atoms with van der Waals surface area (Å²) in [7, 11) is 1.74. The molecule has 0 saturated carbocycles. The Morgan fingerprint density at radius 1 is 0.854 bits per heavy atom. The van der Waals surface area contributed by atoms with Gasteiger partial charge in [0.25, 0.3) is 11.8 Å². The smallest absolute Gasteiger partial charge is 0.344 e. The molecule has 246 valence electrons. The van der Waals surface area contributed by atoms with Gasteiger partial charge in [0.15, 0.2) is 0 Å². The van der Waals surface area contributed by atoms with Gasteiger partial charge in [-0.25, -0.2) is 4.98 Å². The van der Waals surface area contributed by atoms with Gasteiger partial charge in [0, 0.05) is 36.3 Å². The van der Waals surface area contributed by atoms with Gasteiger partial charge in [0.1, 0.15) is 11.9 Å². The highest BCUT2D eigenvalue weighted by molar-refractivity contribution is 6.08. The van der Waals surface area contributed by atoms with E-state index in [4.69, 9.17) is 0 Å². The predicted octanol–water partition coefficient (Wildman–Crippen LogP) is 7.69. The van der Waals surface area contributed by atoms with E-state index in [1.807, 2.05) is 18.2 Å². The number of anilines is 1. The fourth-order valence-electron chi connectivity index (χ4n) is 5.23. The highest BCUT2D eigenvalue weighted by Gasteiger charge is 2.30. The van der Waals surface area contributed by atoms with Crippen LogP contribution in [0.5, 0.6) is 0 Å². The second kappa shape index (κ2) is 14.9. The summed E-state index contributed by atoms with van der Waals surface area (Å²) in [4.78, 5) is 50.5. The zero-order chi connectivity index (χ0) is 34.3. The van der Waals surface area contributed by atoms with Crippen molar-refractivity contribution in [2.75, 3.05) is 18.9 Å². The van der Waals surface area contributed by atoms with Crippen molar-refractivity contribution in [1.29, 1.82) is 0 Å². The van der Waals surface area contributed by atoms with Gasteiger partial charge in [-0.15, -0.1) is 0 Å². The normalized spacial score (nSPS) is 11.9. The summed E-state index contributed by atoms with van der Waals surface area (Å²) in [5.74, 6) is -0.945. The number of nitrogens with one attached hydrogen (secondary N) is 2. The van der Waals surface area contributed by atoms with Crippen LogP contribution in [0.25, 0.3) is 22.2 Å². The molecule has 2 heterocycles. The van der Waals surface area contributed by atoms with Crippen LogP contribution >= 0.6 is 0 Å². The maximum Gasteiger partial charge on any atom is 0.416 e. The van der Waals surface area contributed by atoms with Crippen molar-refractivity contribution in [3.05, 3.63) is 126 Å². The number of rotatable bonds is 11. The number of unbranched alkanes of at least 4 members (excludes halogenated alkanes) is 2. The highest BCUT2D eigenvalue weighted by atomic mass is 19.4. The molecule has 0 saturated heterocycles. The lowest BCUT2D eigenvalue weighted by Gasteiger charge is -2.25. The SMILES string of the molecule is CCCCCN(C)C(=O)[C@@H](NC(=O)c1ccc2nc(NC(=O)c3cccnc3-c3ccc(C(F)(F)F)cc3)ccc2c1)c1ccccc1. The van der Waals surface area contributed by atoms with Crippen LogP contribution in [0.3, 0.4) is 0 Å². The number of halogens is 3. The van der Waals surface area contributed by atoms with E-state index in [-0.39, 0.29) is 23.0 Å². The number of nitrogens with zero attached hydrogens (tertiary/aromatic N) is 3. The molecule has 8 nitrogen and oxygen atoms in total. The minimum Gasteiger partial charge on any atom is -0.344 e. The van der Waals surface area contributed by atoms with Gasteiger partial charge >= 0.3 is 6.18 Å². The topological polar surface area (TPSA) is 104 Å². The molecule has 0 fully saturated rings. The van der Waals surface area contributed by atoms with Crippen LogP contribution in [0, 0.1) is 0 Å². The minimum absolute atomic E-state index is 0.157. The molecular formula is C37H34F3N5O3. The first-order valence-electron chi connectivity index (χ1n) is 15.5. The largest absolute Gasteiger partial charge is 0.416 e. The van der Waals surface area contributed by atoms with Gasteiger partial charge in [-0.05, 0) is 66.6 Å². The maximum atomic E-state index is 13.4. The number of carbonyl (C=O) groups is 3. The average molecular weight is 654 g/mol. The first-order valence-corrected chi connectivity index (χ1v) is 15.5. The molecular weight excluding hydrogens is 619 g/mol. The number of pyridine rings is 2. The van der Waals surface area contributed by atoms with Gasteiger partial charge < -0.3 is 15.5 Å². The average Bonchev–Trinajstić information content (AvgIpc) is 3.10. The van der Waals surface area contributed by atoms with Crippen molar-refractivity contribution in [3.63, 3.8) is 0 Å². The standard InChI is InChI=1S/C37H34F3N5O3/c1-3-4-8-22-45(2)36(48)33(24-10-6-5-7-11-24)44-34(46)27-15-19-30-26(23-27)16-20-31(42-30)43-35(47)29-12-9-21-41-32(29)25-13-17-28(18-14-25)37(38,39)40/h5-7,9-21,23,33H,3-4,8,22H2,1-2H3,(H,44,46)(H,42,43,47)/t33-/m0/s1. The second-order valence-corrected chi connectivity index (χ2v) is 11.3. The lowest BCUT2D eigenvalue weighted by atomic mass is 10.0. The summed E-state index contributed by atoms with van der Waals surface area (Å²) in [6.07, 6.45) is -0.123. The first-order chi connectivity index (χ1) is 23.0. The van der Waals surface area contributed by atoms with E-state index in [9.17, 15) is 27.6 Å². The monoisotopic (exact) mass is 653 g/mol. The zero-order valence-corrected chi connectivity index (χ0v) is 26.4. The summed E-state index contributed by atoms with van der Waals surface area (Å²) < 4.78 is 39.1. The first kappa shape index (κ1) is 33.8. The Hall–Kier alpha value is -5.58. The molecule has 5 rings (SSSR count). The number of hydrogen-bond acceptors (Lipinski definition) is 5. The molecule has 1 atom stereocenters. The Morgan fingerprint density at radius 3 is 2.31 bits per heavy atom. The summed E-state index contributed by atoms with van der Waals surface area (Å²) in [6, 6.07) is 23.9. The van der Waals surface area contributed by atoms with Crippen molar-refractivity contribution < 1.29 is 27.6 Å². The van der Waals surface area contributed by atoms with E-state index in [0.717, 1.165) is 31.4 Å². The van der Waals surface area contributed by atoms with Crippen molar-refractivity contribution in [3.8, 4) is 11.3 Å². The number of hydrogen-bond donors (Lipinski definition) is 2. The van der Waals surface area contributed by atoms with Gasteiger partial charge in [0.05, 0.1) is 22.3 Å². The van der Waals surface area contributed by atoms with Crippen LogP contribution in [0.1, 0.15) is 64.1 Å². The Kier molecular flexibility index (Phi) is 10.5. The molecule has 3 aromatic carbocycles. The lowest BCUT2D eigenvalue weighted by Crippen LogP contribution is -2.41. The molecule has 0 unspecified atom stereocenters. The van der Waals surface area contributed by atoms with Crippen LogP contribution in [-0.2, 0) is 11.0 Å². The van der Waals surface area contributed by atoms with E-state index in [2.05, 4.69) is 27.5 Å². The van der Waals surface area contributed by atoms with E-state index in [0.29, 0.717) is 34.1 Å². The Labute approximate surface area is 276 Å². The van der Waals surface area contributed by atoms with E-state index < -0.39 is 29.6 Å². The van der Waals surface area contributed by atoms with E-state index in [1.165, 1.54) is 24.4 Å². The molecule has 48 heavy (non-hydrogen) atoms. The molecule has 2 N–H and O–H groups in total. The molecule has 3 amide bonds. The molecule has 0 bridgehead atoms. The van der Waals surface area contributed by atoms with Gasteiger partial charge in [0.2, 0.25) is 5.91 Å². The quantitative estimate of drug-likeness (QED) is 0.142. The Balaban J connectivity index is 1.32. The summed E-state index contributed by atoms with van der Waals surface area (Å²) in [5.41, 5.74) is 1.44. The van der Waals surface area contributed by atoms with Crippen LogP contribution < -0.4 is 10.6 Å². The molecule has 0 aliphatic rings. The maximum absolute atomic E-state index is 13.4. The van der Waals surface area contributed by atoms with Crippen LogP contribution in [0.2, 0.25) is 0 Å². The van der Waals surface area contributed by atoms with Crippen molar-refractivity contribution in [2.24, 2.45) is 0 Å². The van der Waals surface area contributed by atoms with Crippen molar-refractivity contribution in [2.45, 2.75) is 38.4 Å². The number of aromatic nitrogens is 2. The van der Waals surface area contributed by atoms with Crippen LogP contribution in [0.15, 0.2) is 103 Å². The third-order valence-corrected chi connectivity index (χ3v) is 7.86. The summed E-state index contributed by atoms with van der Waals surface area (Å²) >= 11 is 0. The Bertz CT molecular complexity index is 1910. The number of alkyl halides is 3. The molecule has 0 spiro atoms. The number of fused-ring (bicyclic) bond motifs is 1. The van der Waals surface area contributed by atoms with Gasteiger partial charge in [-0.2, -0.15) is 13.2 Å². The molecule has 0 aliphatic carbocycles. The van der Waals surface area contributed by atoms with Crippen LogP contribution in [-0.4, -0.2) is 46.2 Å². The van der Waals surface area contributed by atoms with E-state index in [1.54, 1.807) is 60.5 Å². The number of amides is 3. The second-order valence-electron chi connectivity index (χ2n) is 11.3. The van der Waals surface area contributed by atoms with E-state index >= 15 is 0 Å². The molecule has 5 aromatic rings. The van der Waals surface area contributed by atoms with Crippen molar-refractivity contribution >= 4 is 34.4 Å². The Morgan fingerprint density at radius 2 is 1.60 bits per heavy atom. The van der Waals surface area contributed by atoms with Gasteiger partial charge in [-0.1, -0.05) is 62.2 Å². The zero-order valence-electron chi connectivity index (χ0n) is 26.4. The summed E-state index contributed by atoms with van der Waals surface area (Å²) in [5, 5.41) is 6.26. The molecule has 2 aromatic heterocycles. The summed E-state index contributed by atoms with van der Waals surface area (Å²) in [6.45, 7) is 2.68. The number of carbonyl (C=O) groups excluding carboxylic acids is 3. The van der Waals surface area contributed by atoms with Crippen molar-refractivity contribution in [1.82, 2.24) is 20.2 Å². The predicted molar refractivity (Wildman–Crippen MR) is 178 cm³/mol. The third-order valence-electron chi connectivity index (χ3n) is 7.86. The van der Waals surface area contributed by atoms with Gasteiger partial charge in [-0.3, -0.25) is 19.4 Å². The fraction of sp³-hybridized carbons (Fsp3) is 0.216. The fourth-order valence-corrected chi connectivity index (χ4v) is 5.23. The lowest BCUT2D eigenvalue weighted by molar-refractivity contribution is -0.137. The highest BCUT2D eigenvalue weighted by Crippen LogP contribution is 2.31. The molecule has 0 aliphatic heterocycles. The molecule has 0 radical (unpaired) electrons. The minimum atomic E-state index is -4.48. The molecule has 11 heteroatoms. The van der Waals surface area contributed by atoms with Crippen LogP contribution in [0.4, 0.5) is 19.0 Å².